The van der Waals surface area contributed by atoms with Gasteiger partial charge in [-0.15, -0.1) is 0 Å². The highest BCUT2D eigenvalue weighted by atomic mass is 32.2. The van der Waals surface area contributed by atoms with Crippen LogP contribution in [-0.2, 0) is 14.8 Å². The quantitative estimate of drug-likeness (QED) is 0.840. The number of benzene rings is 2. The summed E-state index contributed by atoms with van der Waals surface area (Å²) in [6, 6.07) is 12.5. The van der Waals surface area contributed by atoms with Crippen molar-refractivity contribution >= 4 is 27.3 Å². The fraction of sp³-hybridized carbons (Fsp3) is 0.316. The van der Waals surface area contributed by atoms with Gasteiger partial charge < -0.3 is 10.1 Å². The Balaban J connectivity index is 2.11. The minimum Gasteiger partial charge on any atom is -0.481 e. The first-order valence-electron chi connectivity index (χ1n) is 8.16. The van der Waals surface area contributed by atoms with Gasteiger partial charge in [-0.1, -0.05) is 18.2 Å². The van der Waals surface area contributed by atoms with Gasteiger partial charge in [0.25, 0.3) is 5.91 Å². The summed E-state index contributed by atoms with van der Waals surface area (Å²) < 4.78 is 30.2. The Morgan fingerprint density at radius 2 is 1.85 bits per heavy atom. The maximum atomic E-state index is 12.4. The van der Waals surface area contributed by atoms with E-state index >= 15 is 0 Å². The number of nitrogens with zero attached hydrogens (tertiary/aromatic N) is 1. The van der Waals surface area contributed by atoms with E-state index in [1.807, 2.05) is 32.0 Å². The molecule has 1 N–H and O–H groups in total. The van der Waals surface area contributed by atoms with Crippen LogP contribution in [0.3, 0.4) is 0 Å². The van der Waals surface area contributed by atoms with E-state index in [0.29, 0.717) is 17.1 Å². The molecule has 1 amide bonds. The summed E-state index contributed by atoms with van der Waals surface area (Å²) in [6.07, 6.45) is 0.421. The SMILES string of the molecule is Cc1ccc(C)c(O[C@H](C)C(=O)Nc2cccc(N(C)S(C)(=O)=O)c2)c1. The van der Waals surface area contributed by atoms with Gasteiger partial charge in [0.2, 0.25) is 10.0 Å². The normalized spacial score (nSPS) is 12.3. The van der Waals surface area contributed by atoms with Crippen LogP contribution in [0.15, 0.2) is 42.5 Å². The van der Waals surface area contributed by atoms with Crippen molar-refractivity contribution in [1.82, 2.24) is 0 Å². The Hall–Kier alpha value is -2.54. The number of hydrogen-bond donors (Lipinski definition) is 1. The van der Waals surface area contributed by atoms with Crippen LogP contribution in [0.2, 0.25) is 0 Å². The van der Waals surface area contributed by atoms with Crippen molar-refractivity contribution < 1.29 is 17.9 Å². The zero-order valence-electron chi connectivity index (χ0n) is 15.6. The molecule has 0 radical (unpaired) electrons. The Labute approximate surface area is 154 Å². The standard InChI is InChI=1S/C19H24N2O4S/c1-13-9-10-14(2)18(11-13)25-15(3)19(22)20-16-7-6-8-17(12-16)21(4)26(5,23)24/h6-12,15H,1-5H3,(H,20,22)/t15-/m1/s1. The number of rotatable bonds is 6. The number of nitrogens with one attached hydrogen (secondary N) is 1. The molecule has 140 valence electrons. The van der Waals surface area contributed by atoms with Crippen LogP contribution >= 0.6 is 0 Å². The third-order valence-electron chi connectivity index (χ3n) is 3.99. The van der Waals surface area contributed by atoms with Gasteiger partial charge in [0.1, 0.15) is 5.75 Å². The van der Waals surface area contributed by atoms with Gasteiger partial charge in [-0.2, -0.15) is 0 Å². The van der Waals surface area contributed by atoms with Gasteiger partial charge >= 0.3 is 0 Å². The third-order valence-corrected chi connectivity index (χ3v) is 5.20. The Morgan fingerprint density at radius 3 is 2.50 bits per heavy atom. The zero-order valence-corrected chi connectivity index (χ0v) is 16.4. The Bertz CT molecular complexity index is 910. The molecule has 0 aromatic heterocycles. The summed E-state index contributed by atoms with van der Waals surface area (Å²) in [5.74, 6) is 0.350. The summed E-state index contributed by atoms with van der Waals surface area (Å²) in [5.41, 5.74) is 2.97. The minimum absolute atomic E-state index is 0.315. The molecule has 0 unspecified atom stereocenters. The van der Waals surface area contributed by atoms with Crippen molar-refractivity contribution in [3.8, 4) is 5.75 Å². The first-order chi connectivity index (χ1) is 12.1. The lowest BCUT2D eigenvalue weighted by molar-refractivity contribution is -0.122. The third kappa shape index (κ3) is 4.98. The number of carbonyl (C=O) groups is 1. The highest BCUT2D eigenvalue weighted by Gasteiger charge is 2.17. The van der Waals surface area contributed by atoms with Crippen LogP contribution in [0.4, 0.5) is 11.4 Å². The molecular weight excluding hydrogens is 352 g/mol. The smallest absolute Gasteiger partial charge is 0.265 e. The molecule has 2 aromatic carbocycles. The average molecular weight is 376 g/mol. The number of sulfonamides is 1. The molecule has 0 aliphatic carbocycles. The van der Waals surface area contributed by atoms with Crippen molar-refractivity contribution in [2.75, 3.05) is 22.9 Å². The maximum absolute atomic E-state index is 12.4. The molecule has 0 fully saturated rings. The molecule has 2 rings (SSSR count). The van der Waals surface area contributed by atoms with E-state index in [-0.39, 0.29) is 5.91 Å². The van der Waals surface area contributed by atoms with Gasteiger partial charge in [0.15, 0.2) is 6.10 Å². The lowest BCUT2D eigenvalue weighted by Crippen LogP contribution is -2.30. The van der Waals surface area contributed by atoms with E-state index in [1.165, 1.54) is 7.05 Å². The number of anilines is 2. The van der Waals surface area contributed by atoms with Gasteiger partial charge in [-0.25, -0.2) is 8.42 Å². The topological polar surface area (TPSA) is 75.7 Å². The first-order valence-corrected chi connectivity index (χ1v) is 10.0. The molecule has 2 aromatic rings. The van der Waals surface area contributed by atoms with E-state index < -0.39 is 16.1 Å². The number of carbonyl (C=O) groups excluding carboxylic acids is 1. The molecule has 0 saturated heterocycles. The van der Waals surface area contributed by atoms with E-state index in [0.717, 1.165) is 21.7 Å². The number of hydrogen-bond acceptors (Lipinski definition) is 4. The molecule has 0 saturated carbocycles. The second kappa shape index (κ2) is 7.78. The molecule has 0 bridgehead atoms. The van der Waals surface area contributed by atoms with Crippen molar-refractivity contribution in [3.05, 3.63) is 53.6 Å². The number of amides is 1. The molecule has 1 atom stereocenters. The van der Waals surface area contributed by atoms with E-state index in [2.05, 4.69) is 5.32 Å². The summed E-state index contributed by atoms with van der Waals surface area (Å²) >= 11 is 0. The minimum atomic E-state index is -3.37. The van der Waals surface area contributed by atoms with Crippen molar-refractivity contribution in [2.45, 2.75) is 26.9 Å². The van der Waals surface area contributed by atoms with Crippen LogP contribution in [0.25, 0.3) is 0 Å². The molecule has 0 aliphatic rings. The Morgan fingerprint density at radius 1 is 1.15 bits per heavy atom. The molecule has 6 nitrogen and oxygen atoms in total. The predicted octanol–water partition coefficient (Wildman–Crippen LogP) is 3.11. The highest BCUT2D eigenvalue weighted by molar-refractivity contribution is 7.92. The molecular formula is C19H24N2O4S. The first kappa shape index (κ1) is 19.8. The van der Waals surface area contributed by atoms with Gasteiger partial charge in [0, 0.05) is 12.7 Å². The van der Waals surface area contributed by atoms with Gasteiger partial charge in [-0.3, -0.25) is 9.10 Å². The van der Waals surface area contributed by atoms with E-state index in [1.54, 1.807) is 31.2 Å². The van der Waals surface area contributed by atoms with Crippen LogP contribution in [0, 0.1) is 13.8 Å². The Kier molecular flexibility index (Phi) is 5.92. The van der Waals surface area contributed by atoms with Crippen LogP contribution in [0.5, 0.6) is 5.75 Å². The van der Waals surface area contributed by atoms with Crippen molar-refractivity contribution in [2.24, 2.45) is 0 Å². The largest absolute Gasteiger partial charge is 0.481 e. The fourth-order valence-electron chi connectivity index (χ4n) is 2.29. The summed E-state index contributed by atoms with van der Waals surface area (Å²) in [7, 11) is -1.91. The second-order valence-electron chi connectivity index (χ2n) is 6.30. The maximum Gasteiger partial charge on any atom is 0.265 e. The lowest BCUT2D eigenvalue weighted by Gasteiger charge is -2.19. The fourth-order valence-corrected chi connectivity index (χ4v) is 2.79. The number of aryl methyl sites for hydroxylation is 2. The van der Waals surface area contributed by atoms with Crippen molar-refractivity contribution in [1.29, 1.82) is 0 Å². The molecule has 7 heteroatoms. The van der Waals surface area contributed by atoms with Crippen LogP contribution < -0.4 is 14.4 Å². The molecule has 0 spiro atoms. The highest BCUT2D eigenvalue weighted by Crippen LogP contribution is 2.22. The second-order valence-corrected chi connectivity index (χ2v) is 8.31. The van der Waals surface area contributed by atoms with Gasteiger partial charge in [0.05, 0.1) is 11.9 Å². The van der Waals surface area contributed by atoms with Crippen LogP contribution in [-0.4, -0.2) is 33.7 Å². The summed E-state index contributed by atoms with van der Waals surface area (Å²) in [4.78, 5) is 12.4. The summed E-state index contributed by atoms with van der Waals surface area (Å²) in [5, 5.41) is 2.76. The average Bonchev–Trinajstić information content (AvgIpc) is 2.56. The predicted molar refractivity (Wildman–Crippen MR) is 104 cm³/mol. The zero-order chi connectivity index (χ0) is 19.5. The molecule has 26 heavy (non-hydrogen) atoms. The number of ether oxygens (including phenoxy) is 1. The van der Waals surface area contributed by atoms with E-state index in [4.69, 9.17) is 4.74 Å². The van der Waals surface area contributed by atoms with Gasteiger partial charge in [-0.05, 0) is 56.2 Å². The van der Waals surface area contributed by atoms with E-state index in [9.17, 15) is 13.2 Å². The molecule has 0 aliphatic heterocycles. The van der Waals surface area contributed by atoms with Crippen LogP contribution in [0.1, 0.15) is 18.1 Å². The van der Waals surface area contributed by atoms with Crippen molar-refractivity contribution in [3.63, 3.8) is 0 Å². The summed E-state index contributed by atoms with van der Waals surface area (Å²) in [6.45, 7) is 5.55. The lowest BCUT2D eigenvalue weighted by atomic mass is 10.1. The monoisotopic (exact) mass is 376 g/mol. The molecule has 0 heterocycles.